The Bertz CT molecular complexity index is 653. The first-order valence-corrected chi connectivity index (χ1v) is 8.12. The average Bonchev–Trinajstić information content (AvgIpc) is 2.56. The van der Waals surface area contributed by atoms with Crippen LogP contribution in [0, 0.1) is 0 Å². The minimum Gasteiger partial charge on any atom is -0.454 e. The average molecular weight is 363 g/mol. The first-order chi connectivity index (χ1) is 12.1. The van der Waals surface area contributed by atoms with Gasteiger partial charge in [-0.25, -0.2) is 0 Å². The van der Waals surface area contributed by atoms with E-state index in [1.54, 1.807) is 30.3 Å². The predicted octanol–water partition coefficient (Wildman–Crippen LogP) is 0.333. The van der Waals surface area contributed by atoms with Crippen molar-refractivity contribution in [3.8, 4) is 0 Å². The van der Waals surface area contributed by atoms with E-state index in [-0.39, 0.29) is 19.0 Å². The standard InChI is InChI=1S/C18H25N3O5/c1-18(2,3)20-14(22)11-21(4)15(23)12-26-16(24)10-19-17(25)13-8-6-5-7-9-13/h5-9H,10-12H2,1-4H3,(H,19,25)(H,20,22). The van der Waals surface area contributed by atoms with Gasteiger partial charge in [0.2, 0.25) is 5.91 Å². The molecule has 142 valence electrons. The molecule has 1 aromatic carbocycles. The molecule has 0 aromatic heterocycles. The SMILES string of the molecule is CN(CC(=O)NC(C)(C)C)C(=O)COC(=O)CNC(=O)c1ccccc1. The van der Waals surface area contributed by atoms with E-state index < -0.39 is 29.9 Å². The van der Waals surface area contributed by atoms with E-state index in [0.29, 0.717) is 5.56 Å². The van der Waals surface area contributed by atoms with Crippen molar-refractivity contribution in [1.82, 2.24) is 15.5 Å². The van der Waals surface area contributed by atoms with Gasteiger partial charge in [-0.3, -0.25) is 19.2 Å². The van der Waals surface area contributed by atoms with Crippen LogP contribution in [0.4, 0.5) is 0 Å². The third-order valence-electron chi connectivity index (χ3n) is 3.11. The molecule has 0 saturated carbocycles. The van der Waals surface area contributed by atoms with Gasteiger partial charge in [0, 0.05) is 18.2 Å². The van der Waals surface area contributed by atoms with Gasteiger partial charge in [0.15, 0.2) is 6.61 Å². The summed E-state index contributed by atoms with van der Waals surface area (Å²) in [6.07, 6.45) is 0. The molecule has 2 N–H and O–H groups in total. The number of esters is 1. The second-order valence-electron chi connectivity index (χ2n) is 6.76. The molecule has 0 unspecified atom stereocenters. The number of carbonyl (C=O) groups is 4. The molecule has 0 bridgehead atoms. The molecule has 26 heavy (non-hydrogen) atoms. The van der Waals surface area contributed by atoms with E-state index in [9.17, 15) is 19.2 Å². The largest absolute Gasteiger partial charge is 0.454 e. The summed E-state index contributed by atoms with van der Waals surface area (Å²) >= 11 is 0. The number of nitrogens with zero attached hydrogens (tertiary/aromatic N) is 1. The Balaban J connectivity index is 2.32. The fourth-order valence-corrected chi connectivity index (χ4v) is 1.91. The molecule has 0 spiro atoms. The Morgan fingerprint density at radius 1 is 1.08 bits per heavy atom. The van der Waals surface area contributed by atoms with Crippen LogP contribution in [0.2, 0.25) is 0 Å². The second-order valence-corrected chi connectivity index (χ2v) is 6.76. The van der Waals surface area contributed by atoms with Crippen LogP contribution in [0.3, 0.4) is 0 Å². The molecule has 0 aliphatic rings. The lowest BCUT2D eigenvalue weighted by atomic mass is 10.1. The zero-order valence-corrected chi connectivity index (χ0v) is 15.5. The molecule has 8 nitrogen and oxygen atoms in total. The molecule has 0 radical (unpaired) electrons. The molecule has 8 heteroatoms. The third kappa shape index (κ3) is 8.27. The molecule has 1 aromatic rings. The van der Waals surface area contributed by atoms with Gasteiger partial charge >= 0.3 is 5.97 Å². The van der Waals surface area contributed by atoms with Crippen LogP contribution < -0.4 is 10.6 Å². The molecule has 3 amide bonds. The summed E-state index contributed by atoms with van der Waals surface area (Å²) in [4.78, 5) is 48.2. The number of amides is 3. The highest BCUT2D eigenvalue weighted by Crippen LogP contribution is 1.99. The zero-order valence-electron chi connectivity index (χ0n) is 15.5. The number of rotatable bonds is 7. The van der Waals surface area contributed by atoms with Crippen LogP contribution >= 0.6 is 0 Å². The van der Waals surface area contributed by atoms with Gasteiger partial charge in [-0.2, -0.15) is 0 Å². The van der Waals surface area contributed by atoms with Gasteiger partial charge in [0.25, 0.3) is 11.8 Å². The van der Waals surface area contributed by atoms with Crippen LogP contribution in [0.1, 0.15) is 31.1 Å². The third-order valence-corrected chi connectivity index (χ3v) is 3.11. The number of carbonyl (C=O) groups excluding carboxylic acids is 4. The van der Waals surface area contributed by atoms with Crippen molar-refractivity contribution in [2.45, 2.75) is 26.3 Å². The quantitative estimate of drug-likeness (QED) is 0.680. The maximum absolute atomic E-state index is 11.9. The van der Waals surface area contributed by atoms with Crippen molar-refractivity contribution in [2.75, 3.05) is 26.7 Å². The van der Waals surface area contributed by atoms with Crippen LogP contribution in [0.5, 0.6) is 0 Å². The minimum atomic E-state index is -0.741. The molecule has 0 atom stereocenters. The first-order valence-electron chi connectivity index (χ1n) is 8.12. The maximum atomic E-state index is 11.9. The molecule has 0 saturated heterocycles. The van der Waals surface area contributed by atoms with E-state index >= 15 is 0 Å². The summed E-state index contributed by atoms with van der Waals surface area (Å²) < 4.78 is 4.82. The molecule has 1 rings (SSSR count). The van der Waals surface area contributed by atoms with Crippen molar-refractivity contribution in [3.05, 3.63) is 35.9 Å². The normalized spacial score (nSPS) is 10.6. The molecule has 0 aliphatic carbocycles. The molecular formula is C18H25N3O5. The lowest BCUT2D eigenvalue weighted by Crippen LogP contribution is -2.47. The van der Waals surface area contributed by atoms with Crippen LogP contribution in [0.25, 0.3) is 0 Å². The number of nitrogens with one attached hydrogen (secondary N) is 2. The van der Waals surface area contributed by atoms with Gasteiger partial charge < -0.3 is 20.3 Å². The van der Waals surface area contributed by atoms with Crippen LogP contribution in [0.15, 0.2) is 30.3 Å². The van der Waals surface area contributed by atoms with Gasteiger partial charge in [-0.1, -0.05) is 18.2 Å². The fourth-order valence-electron chi connectivity index (χ4n) is 1.91. The number of hydrogen-bond donors (Lipinski definition) is 2. The Morgan fingerprint density at radius 2 is 1.69 bits per heavy atom. The van der Waals surface area contributed by atoms with Crippen LogP contribution in [-0.2, 0) is 19.1 Å². The van der Waals surface area contributed by atoms with Crippen molar-refractivity contribution in [3.63, 3.8) is 0 Å². The van der Waals surface area contributed by atoms with Crippen molar-refractivity contribution in [2.24, 2.45) is 0 Å². The van der Waals surface area contributed by atoms with E-state index in [4.69, 9.17) is 4.74 Å². The maximum Gasteiger partial charge on any atom is 0.325 e. The molecular weight excluding hydrogens is 338 g/mol. The first kappa shape index (κ1) is 21.1. The van der Waals surface area contributed by atoms with Crippen molar-refractivity contribution < 1.29 is 23.9 Å². The van der Waals surface area contributed by atoms with Crippen LogP contribution in [-0.4, -0.2) is 60.9 Å². The zero-order chi connectivity index (χ0) is 19.7. The summed E-state index contributed by atoms with van der Waals surface area (Å²) in [5, 5.41) is 5.14. The Morgan fingerprint density at radius 3 is 2.27 bits per heavy atom. The second kappa shape index (κ2) is 9.55. The summed E-state index contributed by atoms with van der Waals surface area (Å²) in [6.45, 7) is 4.50. The van der Waals surface area contributed by atoms with Crippen molar-refractivity contribution >= 4 is 23.7 Å². The highest BCUT2D eigenvalue weighted by atomic mass is 16.5. The molecule has 0 heterocycles. The molecule has 0 aliphatic heterocycles. The van der Waals surface area contributed by atoms with Gasteiger partial charge in [0.1, 0.15) is 6.54 Å². The summed E-state index contributed by atoms with van der Waals surface area (Å²) in [7, 11) is 1.44. The summed E-state index contributed by atoms with van der Waals surface area (Å²) in [5.74, 6) is -1.98. The van der Waals surface area contributed by atoms with Gasteiger partial charge in [-0.15, -0.1) is 0 Å². The topological polar surface area (TPSA) is 105 Å². The lowest BCUT2D eigenvalue weighted by molar-refractivity contribution is -0.151. The summed E-state index contributed by atoms with van der Waals surface area (Å²) in [6, 6.07) is 8.41. The number of ether oxygens (including phenoxy) is 1. The Hall–Kier alpha value is -2.90. The van der Waals surface area contributed by atoms with E-state index in [0.717, 1.165) is 4.90 Å². The monoisotopic (exact) mass is 363 g/mol. The van der Waals surface area contributed by atoms with E-state index in [2.05, 4.69) is 10.6 Å². The fraction of sp³-hybridized carbons (Fsp3) is 0.444. The smallest absolute Gasteiger partial charge is 0.325 e. The number of likely N-dealkylation sites (N-methyl/N-ethyl adjacent to an activating group) is 1. The Labute approximate surface area is 152 Å². The van der Waals surface area contributed by atoms with Gasteiger partial charge in [0.05, 0.1) is 6.54 Å². The number of benzene rings is 1. The van der Waals surface area contributed by atoms with E-state index in [1.165, 1.54) is 7.05 Å². The predicted molar refractivity (Wildman–Crippen MR) is 95.3 cm³/mol. The summed E-state index contributed by atoms with van der Waals surface area (Å²) in [5.41, 5.74) is 0.0191. The highest BCUT2D eigenvalue weighted by Gasteiger charge is 2.19. The minimum absolute atomic E-state index is 0.140. The lowest BCUT2D eigenvalue weighted by Gasteiger charge is -2.23. The van der Waals surface area contributed by atoms with Crippen molar-refractivity contribution in [1.29, 1.82) is 0 Å². The van der Waals surface area contributed by atoms with Gasteiger partial charge in [-0.05, 0) is 32.9 Å². The van der Waals surface area contributed by atoms with E-state index in [1.807, 2.05) is 20.8 Å². The molecule has 0 fully saturated rings. The number of hydrogen-bond acceptors (Lipinski definition) is 5. The highest BCUT2D eigenvalue weighted by molar-refractivity contribution is 5.96. The Kier molecular flexibility index (Phi) is 7.77.